The SMILES string of the molecule is CN[C@H](C)C(F)(F)C(=O)C(F)(F)F. The summed E-state index contributed by atoms with van der Waals surface area (Å²) < 4.78 is 59.9. The molecule has 0 rings (SSSR count). The van der Waals surface area contributed by atoms with Crippen molar-refractivity contribution < 1.29 is 26.7 Å². The number of hydrogen-bond acceptors (Lipinski definition) is 2. The van der Waals surface area contributed by atoms with Gasteiger partial charge in [0, 0.05) is 0 Å². The molecule has 1 atom stereocenters. The minimum Gasteiger partial charge on any atom is -0.312 e. The third-order valence-electron chi connectivity index (χ3n) is 1.54. The fourth-order valence-electron chi connectivity index (χ4n) is 0.567. The van der Waals surface area contributed by atoms with Crippen LogP contribution in [0.4, 0.5) is 22.0 Å². The Morgan fingerprint density at radius 1 is 1.23 bits per heavy atom. The minimum absolute atomic E-state index is 0.795. The molecular weight excluding hydrogens is 197 g/mol. The van der Waals surface area contributed by atoms with Crippen LogP contribution in [0.3, 0.4) is 0 Å². The van der Waals surface area contributed by atoms with E-state index in [1.165, 1.54) is 0 Å². The molecule has 1 N–H and O–H groups in total. The van der Waals surface area contributed by atoms with E-state index in [0.29, 0.717) is 0 Å². The monoisotopic (exact) mass is 205 g/mol. The third-order valence-corrected chi connectivity index (χ3v) is 1.54. The van der Waals surface area contributed by atoms with Gasteiger partial charge in [0.2, 0.25) is 0 Å². The number of carbonyl (C=O) groups is 1. The minimum atomic E-state index is -5.51. The van der Waals surface area contributed by atoms with Crippen molar-refractivity contribution >= 4 is 5.78 Å². The summed E-state index contributed by atoms with van der Waals surface area (Å²) in [5.74, 6) is -7.45. The number of rotatable bonds is 3. The quantitative estimate of drug-likeness (QED) is 0.705. The largest absolute Gasteiger partial charge is 0.456 e. The number of halogens is 5. The van der Waals surface area contributed by atoms with Crippen LogP contribution < -0.4 is 5.32 Å². The van der Waals surface area contributed by atoms with Gasteiger partial charge in [0.05, 0.1) is 6.04 Å². The van der Waals surface area contributed by atoms with Crippen molar-refractivity contribution in [3.05, 3.63) is 0 Å². The van der Waals surface area contributed by atoms with Gasteiger partial charge >= 0.3 is 17.9 Å². The zero-order valence-corrected chi connectivity index (χ0v) is 6.88. The number of Topliss-reactive ketones (excluding diaryl/α,β-unsaturated/α-hetero) is 1. The summed E-state index contributed by atoms with van der Waals surface area (Å²) in [7, 11) is 1.04. The summed E-state index contributed by atoms with van der Waals surface area (Å²) >= 11 is 0. The van der Waals surface area contributed by atoms with Crippen molar-refractivity contribution in [3.8, 4) is 0 Å². The molecule has 0 aliphatic heterocycles. The van der Waals surface area contributed by atoms with Crippen LogP contribution in [0.2, 0.25) is 0 Å². The van der Waals surface area contributed by atoms with E-state index in [-0.39, 0.29) is 0 Å². The first-order valence-electron chi connectivity index (χ1n) is 3.30. The number of nitrogens with one attached hydrogen (secondary N) is 1. The van der Waals surface area contributed by atoms with Gasteiger partial charge in [-0.25, -0.2) is 0 Å². The van der Waals surface area contributed by atoms with Gasteiger partial charge in [0.1, 0.15) is 0 Å². The second-order valence-electron chi connectivity index (χ2n) is 2.46. The number of hydrogen-bond donors (Lipinski definition) is 1. The Labute approximate surface area is 71.1 Å². The van der Waals surface area contributed by atoms with E-state index in [1.807, 2.05) is 5.32 Å². The molecule has 78 valence electrons. The van der Waals surface area contributed by atoms with Crippen molar-refractivity contribution in [3.63, 3.8) is 0 Å². The molecule has 0 aliphatic carbocycles. The van der Waals surface area contributed by atoms with E-state index >= 15 is 0 Å². The number of ketones is 1. The van der Waals surface area contributed by atoms with Crippen molar-refractivity contribution in [2.24, 2.45) is 0 Å². The lowest BCUT2D eigenvalue weighted by molar-refractivity contribution is -0.198. The van der Waals surface area contributed by atoms with Gasteiger partial charge < -0.3 is 5.32 Å². The van der Waals surface area contributed by atoms with Gasteiger partial charge in [-0.2, -0.15) is 22.0 Å². The molecule has 0 bridgehead atoms. The summed E-state index contributed by atoms with van der Waals surface area (Å²) in [4.78, 5) is 10.2. The Hall–Kier alpha value is -0.720. The maximum atomic E-state index is 12.6. The van der Waals surface area contributed by atoms with Gasteiger partial charge in [-0.05, 0) is 14.0 Å². The fourth-order valence-corrected chi connectivity index (χ4v) is 0.567. The first-order valence-corrected chi connectivity index (χ1v) is 3.30. The molecule has 13 heavy (non-hydrogen) atoms. The zero-order chi connectivity index (χ0) is 10.9. The van der Waals surface area contributed by atoms with Crippen LogP contribution in [0.5, 0.6) is 0 Å². The Morgan fingerprint density at radius 2 is 1.62 bits per heavy atom. The van der Waals surface area contributed by atoms with E-state index in [9.17, 15) is 26.7 Å². The predicted molar refractivity (Wildman–Crippen MR) is 34.5 cm³/mol. The van der Waals surface area contributed by atoms with Gasteiger partial charge in [-0.1, -0.05) is 0 Å². The van der Waals surface area contributed by atoms with E-state index in [1.54, 1.807) is 0 Å². The molecule has 0 unspecified atom stereocenters. The van der Waals surface area contributed by atoms with Crippen molar-refractivity contribution in [2.75, 3.05) is 7.05 Å². The van der Waals surface area contributed by atoms with Crippen LogP contribution in [0.25, 0.3) is 0 Å². The Morgan fingerprint density at radius 3 is 1.85 bits per heavy atom. The Balaban J connectivity index is 4.74. The number of alkyl halides is 5. The standard InChI is InChI=1S/C6H8F5NO/c1-3(12-2)5(7,8)4(13)6(9,10)11/h3,12H,1-2H3/t3-/m1/s1. The highest BCUT2D eigenvalue weighted by atomic mass is 19.4. The molecule has 0 aromatic heterocycles. The summed E-state index contributed by atoms with van der Waals surface area (Å²) in [6.07, 6.45) is -5.51. The summed E-state index contributed by atoms with van der Waals surface area (Å²) in [6, 6.07) is -1.85. The highest BCUT2D eigenvalue weighted by molar-refractivity contribution is 5.91. The molecule has 0 saturated carbocycles. The lowest BCUT2D eigenvalue weighted by Crippen LogP contribution is -2.51. The van der Waals surface area contributed by atoms with Crippen molar-refractivity contribution in [1.82, 2.24) is 5.32 Å². The molecular formula is C6H8F5NO. The van der Waals surface area contributed by atoms with E-state index < -0.39 is 23.9 Å². The summed E-state index contributed by atoms with van der Waals surface area (Å²) in [5, 5.41) is 1.89. The second-order valence-corrected chi connectivity index (χ2v) is 2.46. The molecule has 0 heterocycles. The van der Waals surface area contributed by atoms with Gasteiger partial charge in [-0.15, -0.1) is 0 Å². The van der Waals surface area contributed by atoms with Crippen molar-refractivity contribution in [2.45, 2.75) is 25.1 Å². The molecule has 7 heteroatoms. The lowest BCUT2D eigenvalue weighted by Gasteiger charge is -2.22. The van der Waals surface area contributed by atoms with Crippen LogP contribution in [0.1, 0.15) is 6.92 Å². The van der Waals surface area contributed by atoms with E-state index in [2.05, 4.69) is 0 Å². The highest BCUT2D eigenvalue weighted by Gasteiger charge is 2.57. The normalized spacial score (nSPS) is 15.6. The second kappa shape index (κ2) is 3.57. The van der Waals surface area contributed by atoms with E-state index in [4.69, 9.17) is 0 Å². The fraction of sp³-hybridized carbons (Fsp3) is 0.833. The molecule has 0 spiro atoms. The van der Waals surface area contributed by atoms with E-state index in [0.717, 1.165) is 14.0 Å². The van der Waals surface area contributed by atoms with Gasteiger partial charge in [0.15, 0.2) is 0 Å². The molecule has 0 aromatic carbocycles. The molecule has 2 nitrogen and oxygen atoms in total. The highest BCUT2D eigenvalue weighted by Crippen LogP contribution is 2.29. The Kier molecular flexibility index (Phi) is 3.37. The van der Waals surface area contributed by atoms with Crippen LogP contribution >= 0.6 is 0 Å². The molecule has 0 amide bonds. The maximum absolute atomic E-state index is 12.6. The predicted octanol–water partition coefficient (Wildman–Crippen LogP) is 1.36. The van der Waals surface area contributed by atoms with Crippen LogP contribution in [-0.4, -0.2) is 31.0 Å². The average Bonchev–Trinajstić information content (AvgIpc) is 1.99. The van der Waals surface area contributed by atoms with Crippen LogP contribution in [0, 0.1) is 0 Å². The average molecular weight is 205 g/mol. The zero-order valence-electron chi connectivity index (χ0n) is 6.88. The topological polar surface area (TPSA) is 29.1 Å². The molecule has 0 radical (unpaired) electrons. The molecule has 0 aromatic rings. The number of carbonyl (C=O) groups excluding carboxylic acids is 1. The van der Waals surface area contributed by atoms with Crippen LogP contribution in [-0.2, 0) is 4.79 Å². The third kappa shape index (κ3) is 2.61. The smallest absolute Gasteiger partial charge is 0.312 e. The summed E-state index contributed by atoms with van der Waals surface area (Å²) in [6.45, 7) is 0.795. The molecule has 0 aliphatic rings. The van der Waals surface area contributed by atoms with Gasteiger partial charge in [0.25, 0.3) is 0 Å². The Bertz CT molecular complexity index is 200. The summed E-state index contributed by atoms with van der Waals surface area (Å²) in [5.41, 5.74) is 0. The maximum Gasteiger partial charge on any atom is 0.456 e. The first-order chi connectivity index (χ1) is 5.64. The van der Waals surface area contributed by atoms with Crippen molar-refractivity contribution in [1.29, 1.82) is 0 Å². The van der Waals surface area contributed by atoms with Crippen LogP contribution in [0.15, 0.2) is 0 Å². The first kappa shape index (κ1) is 12.3. The molecule has 0 saturated heterocycles. The molecule has 0 fully saturated rings. The lowest BCUT2D eigenvalue weighted by atomic mass is 10.1. The van der Waals surface area contributed by atoms with Gasteiger partial charge in [-0.3, -0.25) is 4.79 Å².